The minimum atomic E-state index is -0.798. The normalized spacial score (nSPS) is 22.6. The minimum Gasteiger partial charge on any atom is -0.508 e. The summed E-state index contributed by atoms with van der Waals surface area (Å²) in [5.74, 6) is -0.240. The van der Waals surface area contributed by atoms with E-state index in [2.05, 4.69) is 15.6 Å². The first-order valence-corrected chi connectivity index (χ1v) is 14.2. The largest absolute Gasteiger partial charge is 0.508 e. The summed E-state index contributed by atoms with van der Waals surface area (Å²) in [6, 6.07) is 12.3. The molecule has 2 aliphatic rings. The molecule has 11 heteroatoms. The summed E-state index contributed by atoms with van der Waals surface area (Å²) >= 11 is 1.56. The molecule has 39 heavy (non-hydrogen) atoms. The van der Waals surface area contributed by atoms with Crippen LogP contribution in [0.1, 0.15) is 24.0 Å². The first kappa shape index (κ1) is 27.0. The van der Waals surface area contributed by atoms with Gasteiger partial charge in [-0.1, -0.05) is 30.3 Å². The van der Waals surface area contributed by atoms with E-state index in [1.165, 1.54) is 0 Å². The molecule has 5 rings (SSSR count). The summed E-state index contributed by atoms with van der Waals surface area (Å²) in [5.41, 5.74) is 14.7. The quantitative estimate of drug-likeness (QED) is 0.231. The number of benzene rings is 2. The fourth-order valence-electron chi connectivity index (χ4n) is 5.43. The zero-order valence-electron chi connectivity index (χ0n) is 21.5. The number of phenolic OH excluding ortho intramolecular Hbond substituents is 1. The van der Waals surface area contributed by atoms with Crippen molar-refractivity contribution in [3.8, 4) is 5.75 Å². The van der Waals surface area contributed by atoms with E-state index in [1.54, 1.807) is 40.9 Å². The SMILES string of the molecule is NC(=O)[C@@H]1CSC([C@H](Cc2c[nH]c3ccccc23)NC(=O)[C@H]2CCCN2C(=O)[C@@H](N)Cc2ccc(O)cc2)N1. The Morgan fingerprint density at radius 2 is 1.90 bits per heavy atom. The third-order valence-corrected chi connectivity index (χ3v) is 8.86. The molecule has 0 radical (unpaired) electrons. The average molecular weight is 551 g/mol. The smallest absolute Gasteiger partial charge is 0.243 e. The molecule has 8 N–H and O–H groups in total. The number of phenols is 1. The van der Waals surface area contributed by atoms with Crippen LogP contribution in [0.2, 0.25) is 0 Å². The Morgan fingerprint density at radius 1 is 1.13 bits per heavy atom. The third-order valence-electron chi connectivity index (χ3n) is 7.51. The molecule has 3 amide bonds. The molecule has 0 spiro atoms. The molecule has 206 valence electrons. The van der Waals surface area contributed by atoms with Gasteiger partial charge in [0.25, 0.3) is 0 Å². The van der Waals surface area contributed by atoms with Crippen LogP contribution in [0.4, 0.5) is 0 Å². The summed E-state index contributed by atoms with van der Waals surface area (Å²) in [5, 5.41) is 16.8. The molecule has 1 aromatic heterocycles. The van der Waals surface area contributed by atoms with Crippen molar-refractivity contribution in [1.82, 2.24) is 20.5 Å². The van der Waals surface area contributed by atoms with Gasteiger partial charge in [-0.25, -0.2) is 0 Å². The van der Waals surface area contributed by atoms with E-state index >= 15 is 0 Å². The number of thioether (sulfide) groups is 1. The van der Waals surface area contributed by atoms with E-state index in [0.29, 0.717) is 38.0 Å². The Balaban J connectivity index is 1.30. The number of hydrogen-bond acceptors (Lipinski definition) is 7. The van der Waals surface area contributed by atoms with Gasteiger partial charge < -0.3 is 31.8 Å². The van der Waals surface area contributed by atoms with Gasteiger partial charge >= 0.3 is 0 Å². The number of amides is 3. The van der Waals surface area contributed by atoms with Crippen LogP contribution < -0.4 is 22.1 Å². The fraction of sp³-hybridized carbons (Fsp3) is 0.393. The zero-order chi connectivity index (χ0) is 27.5. The highest BCUT2D eigenvalue weighted by atomic mass is 32.2. The number of nitrogens with zero attached hydrogens (tertiary/aromatic N) is 1. The molecule has 3 heterocycles. The lowest BCUT2D eigenvalue weighted by atomic mass is 10.0. The highest BCUT2D eigenvalue weighted by Crippen LogP contribution is 2.27. The molecule has 2 aliphatic heterocycles. The molecule has 10 nitrogen and oxygen atoms in total. The van der Waals surface area contributed by atoms with E-state index in [-0.39, 0.29) is 29.0 Å². The van der Waals surface area contributed by atoms with Gasteiger partial charge in [0.05, 0.1) is 23.5 Å². The van der Waals surface area contributed by atoms with Gasteiger partial charge in [0.2, 0.25) is 17.7 Å². The van der Waals surface area contributed by atoms with E-state index in [9.17, 15) is 19.5 Å². The predicted molar refractivity (Wildman–Crippen MR) is 151 cm³/mol. The second-order valence-corrected chi connectivity index (χ2v) is 11.4. The summed E-state index contributed by atoms with van der Waals surface area (Å²) in [7, 11) is 0. The minimum absolute atomic E-state index is 0.147. The van der Waals surface area contributed by atoms with Crippen molar-refractivity contribution < 1.29 is 19.5 Å². The standard InChI is InChI=1S/C28H34N6O4S/c29-20(12-16-7-9-18(35)10-8-16)28(38)34-11-3-6-24(34)26(37)32-22(27-33-23(15-39-27)25(30)36)13-17-14-31-21-5-2-1-4-19(17)21/h1-2,4-5,7-10,14,20,22-24,27,31,33,35H,3,6,11-13,15,29H2,(H2,30,36)(H,32,37)/t20-,22-,23-,24+,27?/m0/s1. The second kappa shape index (κ2) is 11.7. The van der Waals surface area contributed by atoms with Crippen LogP contribution in [0.25, 0.3) is 10.9 Å². The topological polar surface area (TPSA) is 167 Å². The number of aromatic amines is 1. The van der Waals surface area contributed by atoms with Crippen molar-refractivity contribution in [2.75, 3.05) is 12.3 Å². The van der Waals surface area contributed by atoms with Crippen LogP contribution in [-0.4, -0.2) is 74.6 Å². The molecule has 1 unspecified atom stereocenters. The van der Waals surface area contributed by atoms with Gasteiger partial charge in [-0.15, -0.1) is 11.8 Å². The van der Waals surface area contributed by atoms with Crippen LogP contribution in [0.3, 0.4) is 0 Å². The van der Waals surface area contributed by atoms with Crippen molar-refractivity contribution in [2.45, 2.75) is 55.2 Å². The first-order valence-electron chi connectivity index (χ1n) is 13.2. The van der Waals surface area contributed by atoms with Gasteiger partial charge in [-0.2, -0.15) is 0 Å². The number of nitrogens with two attached hydrogens (primary N) is 2. The molecule has 5 atom stereocenters. The second-order valence-electron chi connectivity index (χ2n) is 10.2. The number of hydrogen-bond donors (Lipinski definition) is 6. The van der Waals surface area contributed by atoms with E-state index < -0.39 is 24.0 Å². The van der Waals surface area contributed by atoms with E-state index in [0.717, 1.165) is 22.0 Å². The van der Waals surface area contributed by atoms with Crippen LogP contribution in [0.5, 0.6) is 5.75 Å². The number of fused-ring (bicyclic) bond motifs is 1. The summed E-state index contributed by atoms with van der Waals surface area (Å²) in [4.78, 5) is 43.6. The number of nitrogens with one attached hydrogen (secondary N) is 3. The summed E-state index contributed by atoms with van der Waals surface area (Å²) in [6.45, 7) is 0.466. The first-order chi connectivity index (χ1) is 18.8. The van der Waals surface area contributed by atoms with Crippen LogP contribution in [0, 0.1) is 0 Å². The number of primary amides is 1. The Bertz CT molecular complexity index is 1350. The van der Waals surface area contributed by atoms with Crippen molar-refractivity contribution in [1.29, 1.82) is 0 Å². The number of carbonyl (C=O) groups excluding carboxylic acids is 3. The highest BCUT2D eigenvalue weighted by molar-refractivity contribution is 8.00. The predicted octanol–water partition coefficient (Wildman–Crippen LogP) is 0.978. The monoisotopic (exact) mass is 550 g/mol. The molecule has 2 aromatic carbocycles. The maximum Gasteiger partial charge on any atom is 0.243 e. The maximum absolute atomic E-state index is 13.6. The number of H-pyrrole nitrogens is 1. The molecule has 0 bridgehead atoms. The van der Waals surface area contributed by atoms with Crippen LogP contribution in [-0.2, 0) is 27.2 Å². The molecule has 0 aliphatic carbocycles. The number of aromatic nitrogens is 1. The third kappa shape index (κ3) is 6.05. The van der Waals surface area contributed by atoms with Gasteiger partial charge in [0.1, 0.15) is 11.8 Å². The Hall–Kier alpha value is -3.54. The van der Waals surface area contributed by atoms with Gasteiger partial charge in [0, 0.05) is 29.4 Å². The number of para-hydroxylation sites is 1. The summed E-state index contributed by atoms with van der Waals surface area (Å²) < 4.78 is 0. The molecule has 2 saturated heterocycles. The Kier molecular flexibility index (Phi) is 8.10. The lowest BCUT2D eigenvalue weighted by molar-refractivity contribution is -0.139. The molecular formula is C28H34N6O4S. The van der Waals surface area contributed by atoms with Crippen molar-refractivity contribution in [2.24, 2.45) is 11.5 Å². The summed E-state index contributed by atoms with van der Waals surface area (Å²) in [6.07, 6.45) is 4.06. The molecule has 3 aromatic rings. The molecule has 0 saturated carbocycles. The zero-order valence-corrected chi connectivity index (χ0v) is 22.3. The van der Waals surface area contributed by atoms with Gasteiger partial charge in [-0.05, 0) is 55.0 Å². The Morgan fingerprint density at radius 3 is 2.64 bits per heavy atom. The van der Waals surface area contributed by atoms with E-state index in [1.807, 2.05) is 30.5 Å². The van der Waals surface area contributed by atoms with Crippen molar-refractivity contribution in [3.05, 3.63) is 65.9 Å². The number of rotatable bonds is 9. The van der Waals surface area contributed by atoms with Gasteiger partial charge in [-0.3, -0.25) is 19.7 Å². The maximum atomic E-state index is 13.6. The number of likely N-dealkylation sites (tertiary alicyclic amines) is 1. The van der Waals surface area contributed by atoms with Gasteiger partial charge in [0.15, 0.2) is 0 Å². The fourth-order valence-corrected chi connectivity index (χ4v) is 6.75. The lowest BCUT2D eigenvalue weighted by Crippen LogP contribution is -2.56. The van der Waals surface area contributed by atoms with Crippen LogP contribution in [0.15, 0.2) is 54.7 Å². The molecule has 2 fully saturated rings. The molecular weight excluding hydrogens is 516 g/mol. The van der Waals surface area contributed by atoms with E-state index in [4.69, 9.17) is 11.5 Å². The highest BCUT2D eigenvalue weighted by Gasteiger charge is 2.39. The number of carbonyl (C=O) groups is 3. The van der Waals surface area contributed by atoms with Crippen molar-refractivity contribution in [3.63, 3.8) is 0 Å². The van der Waals surface area contributed by atoms with Crippen LogP contribution >= 0.6 is 11.8 Å². The lowest BCUT2D eigenvalue weighted by Gasteiger charge is -2.30. The van der Waals surface area contributed by atoms with Crippen molar-refractivity contribution >= 4 is 40.4 Å². The number of aromatic hydroxyl groups is 1. The average Bonchev–Trinajstić information content (AvgIpc) is 3.69. The Labute approximate surface area is 230 Å².